The molecule has 1 aromatic rings. The van der Waals surface area contributed by atoms with Crippen LogP contribution < -0.4 is 0 Å². The molecule has 7 nitrogen and oxygen atoms in total. The molecule has 2 atom stereocenters. The van der Waals surface area contributed by atoms with Gasteiger partial charge < -0.3 is 4.74 Å². The fourth-order valence-corrected chi connectivity index (χ4v) is 3.60. The van der Waals surface area contributed by atoms with E-state index in [0.29, 0.717) is 29.7 Å². The molecule has 0 fully saturated rings. The second-order valence-corrected chi connectivity index (χ2v) is 6.22. The smallest absolute Gasteiger partial charge is 0.315 e. The van der Waals surface area contributed by atoms with E-state index in [1.807, 2.05) is 0 Å². The van der Waals surface area contributed by atoms with Crippen molar-refractivity contribution in [2.45, 2.75) is 32.1 Å². The summed E-state index contributed by atoms with van der Waals surface area (Å²) < 4.78 is 4.93. The van der Waals surface area contributed by atoms with Gasteiger partial charge in [0.25, 0.3) is 5.69 Å². The van der Waals surface area contributed by atoms with Gasteiger partial charge in [-0.05, 0) is 25.3 Å². The number of ketones is 1. The van der Waals surface area contributed by atoms with E-state index in [4.69, 9.17) is 4.74 Å². The molecule has 1 heterocycles. The standard InChI is InChI=1S/C18H18N2O5/c1-10-15(18(22)25-2)16(11-6-8-12(9-7-11)20(23)24)17-13(19-10)4-3-5-14(17)21/h6-9,15-16H,3-5H2,1-2H3/t15?,16-/m1/s1. The maximum absolute atomic E-state index is 12.6. The zero-order valence-corrected chi connectivity index (χ0v) is 14.0. The molecule has 0 saturated heterocycles. The number of nitro groups is 1. The third kappa shape index (κ3) is 2.97. The number of Topliss-reactive ketones (excluding diaryl/α,β-unsaturated/α-hetero) is 1. The molecule has 130 valence electrons. The van der Waals surface area contributed by atoms with Crippen molar-refractivity contribution in [1.29, 1.82) is 0 Å². The monoisotopic (exact) mass is 342 g/mol. The van der Waals surface area contributed by atoms with Crippen LogP contribution in [0.15, 0.2) is 40.5 Å². The van der Waals surface area contributed by atoms with Crippen LogP contribution in [0, 0.1) is 16.0 Å². The lowest BCUT2D eigenvalue weighted by atomic mass is 9.72. The Labute approximate surface area is 144 Å². The van der Waals surface area contributed by atoms with E-state index in [1.165, 1.54) is 19.2 Å². The zero-order chi connectivity index (χ0) is 18.1. The minimum Gasteiger partial charge on any atom is -0.468 e. The predicted octanol–water partition coefficient (Wildman–Crippen LogP) is 2.95. The first kappa shape index (κ1) is 17.0. The van der Waals surface area contributed by atoms with Gasteiger partial charge in [-0.1, -0.05) is 12.1 Å². The second kappa shape index (κ2) is 6.58. The molecular weight excluding hydrogens is 324 g/mol. The molecule has 2 aliphatic rings. The highest BCUT2D eigenvalue weighted by Gasteiger charge is 2.42. The number of ether oxygens (including phenoxy) is 1. The SMILES string of the molecule is COC(=O)C1C(C)=NC2=C(C(=O)CCC2)[C@@H]1c1ccc([N+](=O)[O-])cc1. The van der Waals surface area contributed by atoms with Crippen LogP contribution in [0.5, 0.6) is 0 Å². The van der Waals surface area contributed by atoms with E-state index in [9.17, 15) is 19.7 Å². The summed E-state index contributed by atoms with van der Waals surface area (Å²) in [5.41, 5.74) is 2.50. The molecule has 0 bridgehead atoms. The summed E-state index contributed by atoms with van der Waals surface area (Å²) in [5, 5.41) is 10.9. The summed E-state index contributed by atoms with van der Waals surface area (Å²) in [6.07, 6.45) is 1.85. The highest BCUT2D eigenvalue weighted by atomic mass is 16.6. The van der Waals surface area contributed by atoms with Crippen LogP contribution in [0.1, 0.15) is 37.7 Å². The highest BCUT2D eigenvalue weighted by Crippen LogP contribution is 2.43. The number of esters is 1. The summed E-state index contributed by atoms with van der Waals surface area (Å²) in [6.45, 7) is 1.75. The fourth-order valence-electron chi connectivity index (χ4n) is 3.60. The first-order valence-corrected chi connectivity index (χ1v) is 8.07. The van der Waals surface area contributed by atoms with Crippen molar-refractivity contribution in [2.24, 2.45) is 10.9 Å². The molecule has 0 saturated carbocycles. The molecule has 0 aromatic heterocycles. The average Bonchev–Trinajstić information content (AvgIpc) is 2.60. The van der Waals surface area contributed by atoms with Gasteiger partial charge in [0.1, 0.15) is 5.92 Å². The Hall–Kier alpha value is -2.83. The Kier molecular flexibility index (Phi) is 4.48. The molecule has 3 rings (SSSR count). The molecular formula is C18H18N2O5. The van der Waals surface area contributed by atoms with Crippen LogP contribution in [0.4, 0.5) is 5.69 Å². The Morgan fingerprint density at radius 3 is 2.56 bits per heavy atom. The van der Waals surface area contributed by atoms with Gasteiger partial charge in [-0.15, -0.1) is 0 Å². The maximum Gasteiger partial charge on any atom is 0.315 e. The summed E-state index contributed by atoms with van der Waals surface area (Å²) in [4.78, 5) is 39.8. The van der Waals surface area contributed by atoms with Crippen molar-refractivity contribution in [1.82, 2.24) is 0 Å². The third-order valence-corrected chi connectivity index (χ3v) is 4.75. The number of nitrogens with zero attached hydrogens (tertiary/aromatic N) is 2. The number of aliphatic imine (C=N–C) groups is 1. The average molecular weight is 342 g/mol. The van der Waals surface area contributed by atoms with Crippen LogP contribution in [-0.4, -0.2) is 29.5 Å². The van der Waals surface area contributed by atoms with Gasteiger partial charge in [0.05, 0.1) is 12.0 Å². The number of methoxy groups -OCH3 is 1. The summed E-state index contributed by atoms with van der Waals surface area (Å²) in [6, 6.07) is 5.98. The van der Waals surface area contributed by atoms with Gasteiger partial charge in [-0.3, -0.25) is 24.7 Å². The van der Waals surface area contributed by atoms with Gasteiger partial charge in [-0.25, -0.2) is 0 Å². The quantitative estimate of drug-likeness (QED) is 0.478. The first-order chi connectivity index (χ1) is 11.9. The van der Waals surface area contributed by atoms with Crippen molar-refractivity contribution in [3.8, 4) is 0 Å². The van der Waals surface area contributed by atoms with Gasteiger partial charge in [0.2, 0.25) is 0 Å². The lowest BCUT2D eigenvalue weighted by Gasteiger charge is -2.34. The van der Waals surface area contributed by atoms with Gasteiger partial charge in [0, 0.05) is 41.5 Å². The van der Waals surface area contributed by atoms with Crippen molar-refractivity contribution in [3.63, 3.8) is 0 Å². The molecule has 0 N–H and O–H groups in total. The van der Waals surface area contributed by atoms with Crippen LogP contribution in [-0.2, 0) is 14.3 Å². The fraction of sp³-hybridized carbons (Fsp3) is 0.389. The van der Waals surface area contributed by atoms with E-state index in [-0.39, 0.29) is 11.5 Å². The Morgan fingerprint density at radius 2 is 1.96 bits per heavy atom. The van der Waals surface area contributed by atoms with E-state index in [1.54, 1.807) is 19.1 Å². The van der Waals surface area contributed by atoms with E-state index >= 15 is 0 Å². The van der Waals surface area contributed by atoms with Crippen LogP contribution in [0.3, 0.4) is 0 Å². The first-order valence-electron chi connectivity index (χ1n) is 8.07. The van der Waals surface area contributed by atoms with Gasteiger partial charge in [0.15, 0.2) is 5.78 Å². The van der Waals surface area contributed by atoms with Crippen LogP contribution >= 0.6 is 0 Å². The number of allylic oxidation sites excluding steroid dienone is 2. The zero-order valence-electron chi connectivity index (χ0n) is 14.0. The third-order valence-electron chi connectivity index (χ3n) is 4.75. The van der Waals surface area contributed by atoms with Gasteiger partial charge >= 0.3 is 5.97 Å². The van der Waals surface area contributed by atoms with Crippen LogP contribution in [0.25, 0.3) is 0 Å². The number of carbonyl (C=O) groups excluding carboxylic acids is 2. The lowest BCUT2D eigenvalue weighted by molar-refractivity contribution is -0.384. The Bertz CT molecular complexity index is 807. The Morgan fingerprint density at radius 1 is 1.28 bits per heavy atom. The number of benzene rings is 1. The largest absolute Gasteiger partial charge is 0.468 e. The van der Waals surface area contributed by atoms with Gasteiger partial charge in [-0.2, -0.15) is 0 Å². The maximum atomic E-state index is 12.6. The minimum atomic E-state index is -0.702. The lowest BCUT2D eigenvalue weighted by Crippen LogP contribution is -2.36. The molecule has 1 unspecified atom stereocenters. The Balaban J connectivity index is 2.14. The molecule has 0 radical (unpaired) electrons. The number of non-ortho nitro benzene ring substituents is 1. The van der Waals surface area contributed by atoms with Crippen LogP contribution in [0.2, 0.25) is 0 Å². The minimum absolute atomic E-state index is 0.0187. The molecule has 1 aliphatic carbocycles. The topological polar surface area (TPSA) is 98.9 Å². The second-order valence-electron chi connectivity index (χ2n) is 6.22. The van der Waals surface area contributed by atoms with E-state index in [0.717, 1.165) is 12.1 Å². The highest BCUT2D eigenvalue weighted by molar-refractivity contribution is 6.08. The van der Waals surface area contributed by atoms with Crippen molar-refractivity contribution in [3.05, 3.63) is 51.2 Å². The predicted molar refractivity (Wildman–Crippen MR) is 90.3 cm³/mol. The number of hydrogen-bond acceptors (Lipinski definition) is 6. The number of hydrogen-bond donors (Lipinski definition) is 0. The molecule has 7 heteroatoms. The van der Waals surface area contributed by atoms with E-state index < -0.39 is 22.7 Å². The van der Waals surface area contributed by atoms with Crippen molar-refractivity contribution in [2.75, 3.05) is 7.11 Å². The number of nitro benzene ring substituents is 1. The summed E-state index contributed by atoms with van der Waals surface area (Å²) in [5.74, 6) is -1.70. The van der Waals surface area contributed by atoms with Crippen molar-refractivity contribution >= 4 is 23.2 Å². The normalized spacial score (nSPS) is 23.0. The molecule has 25 heavy (non-hydrogen) atoms. The number of carbonyl (C=O) groups is 2. The molecule has 0 amide bonds. The van der Waals surface area contributed by atoms with Crippen molar-refractivity contribution < 1.29 is 19.2 Å². The molecule has 0 spiro atoms. The van der Waals surface area contributed by atoms with E-state index in [2.05, 4.69) is 4.99 Å². The molecule has 1 aliphatic heterocycles. The summed E-state index contributed by atoms with van der Waals surface area (Å²) in [7, 11) is 1.30. The summed E-state index contributed by atoms with van der Waals surface area (Å²) >= 11 is 0. The molecule has 1 aromatic carbocycles. The number of rotatable bonds is 3.